The zero-order valence-corrected chi connectivity index (χ0v) is 14.5. The molecule has 4 amide bonds. The predicted octanol–water partition coefficient (Wildman–Crippen LogP) is 2.52. The number of carbonyl (C=O) groups is 3. The molecule has 1 saturated heterocycles. The average Bonchev–Trinajstić information content (AvgIpc) is 2.60. The van der Waals surface area contributed by atoms with Crippen LogP contribution in [0.15, 0.2) is 47.4 Å². The van der Waals surface area contributed by atoms with Crippen LogP contribution in [0.4, 0.5) is 10.5 Å². The van der Waals surface area contributed by atoms with E-state index >= 15 is 0 Å². The van der Waals surface area contributed by atoms with Gasteiger partial charge in [-0.05, 0) is 36.6 Å². The number of benzene rings is 1. The van der Waals surface area contributed by atoms with Crippen LogP contribution in [0.25, 0.3) is 6.08 Å². The van der Waals surface area contributed by atoms with Crippen molar-refractivity contribution in [2.24, 2.45) is 0 Å². The van der Waals surface area contributed by atoms with Crippen LogP contribution in [0.2, 0.25) is 5.02 Å². The standard InChI is InChI=1S/C16H11ClN4O3S/c1-25-15-18-7-9(8-19-15)6-12-13(22)20-16(24)21(14(12)23)11-4-2-10(17)3-5-11/h2-8H,1H3,(H,20,22,24)/b12-6+. The molecule has 1 N–H and O–H groups in total. The van der Waals surface area contributed by atoms with Crippen LogP contribution in [-0.2, 0) is 9.59 Å². The second kappa shape index (κ2) is 7.04. The fraction of sp³-hybridized carbons (Fsp3) is 0.0625. The van der Waals surface area contributed by atoms with Crippen LogP contribution in [0.3, 0.4) is 0 Å². The minimum absolute atomic E-state index is 0.185. The van der Waals surface area contributed by atoms with Crippen LogP contribution in [-0.4, -0.2) is 34.1 Å². The van der Waals surface area contributed by atoms with Crippen LogP contribution >= 0.6 is 23.4 Å². The maximum absolute atomic E-state index is 12.7. The van der Waals surface area contributed by atoms with Gasteiger partial charge in [-0.3, -0.25) is 14.9 Å². The molecule has 0 bridgehead atoms. The number of amides is 4. The Labute approximate surface area is 152 Å². The van der Waals surface area contributed by atoms with Crippen molar-refractivity contribution < 1.29 is 14.4 Å². The zero-order chi connectivity index (χ0) is 18.0. The van der Waals surface area contributed by atoms with Crippen molar-refractivity contribution in [1.29, 1.82) is 0 Å². The van der Waals surface area contributed by atoms with E-state index in [1.807, 2.05) is 6.26 Å². The first kappa shape index (κ1) is 17.1. The smallest absolute Gasteiger partial charge is 0.273 e. The van der Waals surface area contributed by atoms with Crippen molar-refractivity contribution >= 4 is 53.0 Å². The minimum atomic E-state index is -0.816. The van der Waals surface area contributed by atoms with Crippen molar-refractivity contribution in [3.05, 3.63) is 52.8 Å². The Balaban J connectivity index is 1.97. The van der Waals surface area contributed by atoms with Gasteiger partial charge in [-0.15, -0.1) is 0 Å². The van der Waals surface area contributed by atoms with E-state index in [4.69, 9.17) is 11.6 Å². The lowest BCUT2D eigenvalue weighted by molar-refractivity contribution is -0.122. The fourth-order valence-corrected chi connectivity index (χ4v) is 2.60. The molecular formula is C16H11ClN4O3S. The number of imide groups is 2. The molecule has 2 heterocycles. The topological polar surface area (TPSA) is 92.3 Å². The first-order valence-corrected chi connectivity index (χ1v) is 8.63. The summed E-state index contributed by atoms with van der Waals surface area (Å²) in [6.45, 7) is 0. The number of urea groups is 1. The van der Waals surface area contributed by atoms with Gasteiger partial charge in [0.2, 0.25) is 0 Å². The molecule has 3 rings (SSSR count). The molecule has 2 aromatic rings. The number of carbonyl (C=O) groups excluding carboxylic acids is 3. The molecular weight excluding hydrogens is 364 g/mol. The van der Waals surface area contributed by atoms with Gasteiger partial charge in [0.15, 0.2) is 5.16 Å². The number of nitrogens with zero attached hydrogens (tertiary/aromatic N) is 3. The molecule has 7 nitrogen and oxygen atoms in total. The number of halogens is 1. The summed E-state index contributed by atoms with van der Waals surface area (Å²) >= 11 is 7.19. The molecule has 126 valence electrons. The lowest BCUT2D eigenvalue weighted by Gasteiger charge is -2.26. The lowest BCUT2D eigenvalue weighted by atomic mass is 10.1. The largest absolute Gasteiger partial charge is 0.335 e. The number of rotatable bonds is 3. The summed E-state index contributed by atoms with van der Waals surface area (Å²) in [4.78, 5) is 45.8. The van der Waals surface area contributed by atoms with Gasteiger partial charge in [-0.25, -0.2) is 19.7 Å². The van der Waals surface area contributed by atoms with E-state index in [0.717, 1.165) is 4.90 Å². The molecule has 0 unspecified atom stereocenters. The van der Waals surface area contributed by atoms with Crippen molar-refractivity contribution in [3.63, 3.8) is 0 Å². The van der Waals surface area contributed by atoms with Crippen LogP contribution < -0.4 is 10.2 Å². The molecule has 25 heavy (non-hydrogen) atoms. The van der Waals surface area contributed by atoms with Crippen molar-refractivity contribution in [2.45, 2.75) is 5.16 Å². The number of barbiturate groups is 1. The maximum atomic E-state index is 12.7. The van der Waals surface area contributed by atoms with Gasteiger partial charge in [0, 0.05) is 23.0 Å². The molecule has 0 saturated carbocycles. The van der Waals surface area contributed by atoms with Crippen LogP contribution in [0.5, 0.6) is 0 Å². The Morgan fingerprint density at radius 3 is 2.36 bits per heavy atom. The second-order valence-electron chi connectivity index (χ2n) is 4.94. The summed E-state index contributed by atoms with van der Waals surface area (Å²) in [7, 11) is 0. The van der Waals surface area contributed by atoms with E-state index in [-0.39, 0.29) is 5.57 Å². The van der Waals surface area contributed by atoms with Gasteiger partial charge in [-0.1, -0.05) is 23.4 Å². The summed E-state index contributed by atoms with van der Waals surface area (Å²) in [6.07, 6.45) is 6.17. The summed E-state index contributed by atoms with van der Waals surface area (Å²) < 4.78 is 0. The third kappa shape index (κ3) is 3.54. The molecule has 0 radical (unpaired) electrons. The van der Waals surface area contributed by atoms with Gasteiger partial charge in [0.1, 0.15) is 5.57 Å². The predicted molar refractivity (Wildman–Crippen MR) is 94.3 cm³/mol. The van der Waals surface area contributed by atoms with Crippen LogP contribution in [0.1, 0.15) is 5.56 Å². The summed E-state index contributed by atoms with van der Waals surface area (Å²) in [5, 5.41) is 3.18. The van der Waals surface area contributed by atoms with Gasteiger partial charge in [-0.2, -0.15) is 0 Å². The first-order chi connectivity index (χ1) is 12.0. The Bertz CT molecular complexity index is 881. The fourth-order valence-electron chi connectivity index (χ4n) is 2.15. The molecule has 1 aliphatic heterocycles. The highest BCUT2D eigenvalue weighted by Crippen LogP contribution is 2.23. The van der Waals surface area contributed by atoms with Gasteiger partial charge >= 0.3 is 6.03 Å². The number of hydrogen-bond acceptors (Lipinski definition) is 6. The van der Waals surface area contributed by atoms with E-state index < -0.39 is 17.8 Å². The third-order valence-electron chi connectivity index (χ3n) is 3.33. The molecule has 1 fully saturated rings. The molecule has 0 aliphatic carbocycles. The number of thioether (sulfide) groups is 1. The van der Waals surface area contributed by atoms with Crippen LogP contribution in [0, 0.1) is 0 Å². The van der Waals surface area contributed by atoms with E-state index in [1.165, 1.54) is 42.4 Å². The Morgan fingerprint density at radius 2 is 1.76 bits per heavy atom. The summed E-state index contributed by atoms with van der Waals surface area (Å²) in [5.41, 5.74) is 0.594. The van der Waals surface area contributed by atoms with E-state index in [2.05, 4.69) is 15.3 Å². The second-order valence-corrected chi connectivity index (χ2v) is 6.15. The van der Waals surface area contributed by atoms with Crippen molar-refractivity contribution in [2.75, 3.05) is 11.2 Å². The summed E-state index contributed by atoms with van der Waals surface area (Å²) in [6, 6.07) is 5.31. The number of hydrogen-bond donors (Lipinski definition) is 1. The van der Waals surface area contributed by atoms with Gasteiger partial charge in [0.25, 0.3) is 11.8 Å². The third-order valence-corrected chi connectivity index (χ3v) is 4.16. The first-order valence-electron chi connectivity index (χ1n) is 7.02. The van der Waals surface area contributed by atoms with Gasteiger partial charge in [0.05, 0.1) is 5.69 Å². The average molecular weight is 375 g/mol. The number of nitrogens with one attached hydrogen (secondary N) is 1. The van der Waals surface area contributed by atoms with Gasteiger partial charge < -0.3 is 0 Å². The normalized spacial score (nSPS) is 16.3. The molecule has 1 aromatic carbocycles. The number of aromatic nitrogens is 2. The SMILES string of the molecule is CSc1ncc(/C=C2\C(=O)NC(=O)N(c3ccc(Cl)cc3)C2=O)cn1. The monoisotopic (exact) mass is 374 g/mol. The molecule has 1 aromatic heterocycles. The van der Waals surface area contributed by atoms with E-state index in [1.54, 1.807) is 12.1 Å². The van der Waals surface area contributed by atoms with E-state index in [0.29, 0.717) is 21.4 Å². The quantitative estimate of drug-likeness (QED) is 0.384. The molecule has 1 aliphatic rings. The molecule has 0 spiro atoms. The Kier molecular flexibility index (Phi) is 4.82. The molecule has 9 heteroatoms. The Hall–Kier alpha value is -2.71. The maximum Gasteiger partial charge on any atom is 0.335 e. The number of anilines is 1. The van der Waals surface area contributed by atoms with E-state index in [9.17, 15) is 14.4 Å². The van der Waals surface area contributed by atoms with Crippen molar-refractivity contribution in [3.8, 4) is 0 Å². The molecule has 0 atom stereocenters. The Morgan fingerprint density at radius 1 is 1.12 bits per heavy atom. The zero-order valence-electron chi connectivity index (χ0n) is 12.9. The highest BCUT2D eigenvalue weighted by Gasteiger charge is 2.36. The summed E-state index contributed by atoms with van der Waals surface area (Å²) in [5.74, 6) is -1.50. The van der Waals surface area contributed by atoms with Crippen molar-refractivity contribution in [1.82, 2.24) is 15.3 Å². The lowest BCUT2D eigenvalue weighted by Crippen LogP contribution is -2.54. The highest BCUT2D eigenvalue weighted by atomic mass is 35.5. The minimum Gasteiger partial charge on any atom is -0.273 e. The highest BCUT2D eigenvalue weighted by molar-refractivity contribution is 7.98.